The summed E-state index contributed by atoms with van der Waals surface area (Å²) in [5.74, 6) is -0.310. The SMILES string of the molecule is Cc1ccc(S(=O)(=O)/N=c2\ncccn2CC(=O)Nc2ccc(O)cc2)cc1. The van der Waals surface area contributed by atoms with Crippen molar-refractivity contribution in [2.75, 3.05) is 5.32 Å². The lowest BCUT2D eigenvalue weighted by molar-refractivity contribution is -0.116. The number of nitrogens with one attached hydrogen (secondary N) is 1. The molecule has 8 nitrogen and oxygen atoms in total. The maximum atomic E-state index is 12.5. The smallest absolute Gasteiger partial charge is 0.285 e. The molecule has 0 aliphatic carbocycles. The zero-order valence-corrected chi connectivity index (χ0v) is 15.8. The monoisotopic (exact) mass is 398 g/mol. The van der Waals surface area contributed by atoms with E-state index in [4.69, 9.17) is 0 Å². The summed E-state index contributed by atoms with van der Waals surface area (Å²) in [6.07, 6.45) is 2.92. The number of rotatable bonds is 5. The first kappa shape index (κ1) is 19.3. The Balaban J connectivity index is 1.86. The summed E-state index contributed by atoms with van der Waals surface area (Å²) in [5, 5.41) is 11.9. The summed E-state index contributed by atoms with van der Waals surface area (Å²) in [5.41, 5.74) is 1.32. The van der Waals surface area contributed by atoms with Gasteiger partial charge in [-0.05, 0) is 49.4 Å². The van der Waals surface area contributed by atoms with E-state index >= 15 is 0 Å². The number of phenolic OH excluding ortho intramolecular Hbond substituents is 1. The molecule has 1 heterocycles. The summed E-state index contributed by atoms with van der Waals surface area (Å²) in [4.78, 5) is 16.3. The van der Waals surface area contributed by atoms with Crippen molar-refractivity contribution in [1.82, 2.24) is 9.55 Å². The van der Waals surface area contributed by atoms with E-state index in [9.17, 15) is 18.3 Å². The molecule has 0 radical (unpaired) electrons. The zero-order chi connectivity index (χ0) is 20.1. The van der Waals surface area contributed by atoms with Crippen LogP contribution in [0.4, 0.5) is 5.69 Å². The van der Waals surface area contributed by atoms with Crippen LogP contribution in [-0.4, -0.2) is 29.0 Å². The minimum absolute atomic E-state index is 0.0452. The molecular weight excluding hydrogens is 380 g/mol. The maximum Gasteiger partial charge on any atom is 0.285 e. The Labute approximate surface area is 161 Å². The van der Waals surface area contributed by atoms with Crippen LogP contribution in [0.25, 0.3) is 0 Å². The van der Waals surface area contributed by atoms with Crippen LogP contribution in [0.3, 0.4) is 0 Å². The van der Waals surface area contributed by atoms with Gasteiger partial charge in [-0.2, -0.15) is 8.42 Å². The number of phenols is 1. The molecule has 0 bridgehead atoms. The van der Waals surface area contributed by atoms with Gasteiger partial charge in [0.1, 0.15) is 12.3 Å². The molecule has 144 valence electrons. The molecular formula is C19H18N4O4S. The number of nitrogens with zero attached hydrogens (tertiary/aromatic N) is 3. The average molecular weight is 398 g/mol. The van der Waals surface area contributed by atoms with Crippen molar-refractivity contribution in [3.05, 3.63) is 78.2 Å². The summed E-state index contributed by atoms with van der Waals surface area (Å²) in [6.45, 7) is 1.67. The summed E-state index contributed by atoms with van der Waals surface area (Å²) in [7, 11) is -3.97. The number of carbonyl (C=O) groups is 1. The number of aromatic nitrogens is 2. The number of aryl methyl sites for hydroxylation is 1. The third-order valence-corrected chi connectivity index (χ3v) is 5.06. The first-order valence-electron chi connectivity index (χ1n) is 8.31. The fourth-order valence-corrected chi connectivity index (χ4v) is 3.32. The predicted molar refractivity (Wildman–Crippen MR) is 103 cm³/mol. The first-order chi connectivity index (χ1) is 13.3. The molecule has 0 aliphatic rings. The van der Waals surface area contributed by atoms with E-state index in [0.717, 1.165) is 5.56 Å². The molecule has 1 aromatic heterocycles. The van der Waals surface area contributed by atoms with Crippen LogP contribution in [0.5, 0.6) is 5.75 Å². The largest absolute Gasteiger partial charge is 0.508 e. The molecule has 28 heavy (non-hydrogen) atoms. The molecule has 3 aromatic rings. The van der Waals surface area contributed by atoms with Crippen molar-refractivity contribution < 1.29 is 18.3 Å². The minimum atomic E-state index is -3.97. The van der Waals surface area contributed by atoms with Gasteiger partial charge < -0.3 is 15.0 Å². The molecule has 1 amide bonds. The number of amides is 1. The van der Waals surface area contributed by atoms with Gasteiger partial charge in [0.25, 0.3) is 10.0 Å². The second-order valence-electron chi connectivity index (χ2n) is 6.02. The molecule has 0 atom stereocenters. The van der Waals surface area contributed by atoms with Gasteiger partial charge in [0.2, 0.25) is 11.5 Å². The number of carbonyl (C=O) groups excluding carboxylic acids is 1. The summed E-state index contributed by atoms with van der Waals surface area (Å²) >= 11 is 0. The molecule has 0 unspecified atom stereocenters. The van der Waals surface area contributed by atoms with Crippen molar-refractivity contribution in [3.8, 4) is 5.75 Å². The van der Waals surface area contributed by atoms with Crippen LogP contribution >= 0.6 is 0 Å². The van der Waals surface area contributed by atoms with E-state index in [0.29, 0.717) is 5.69 Å². The van der Waals surface area contributed by atoms with Crippen molar-refractivity contribution >= 4 is 21.6 Å². The Morgan fingerprint density at radius 1 is 1.14 bits per heavy atom. The van der Waals surface area contributed by atoms with Gasteiger partial charge in [0.05, 0.1) is 4.90 Å². The van der Waals surface area contributed by atoms with Crippen molar-refractivity contribution in [2.45, 2.75) is 18.4 Å². The highest BCUT2D eigenvalue weighted by Crippen LogP contribution is 2.14. The van der Waals surface area contributed by atoms with Crippen molar-refractivity contribution in [3.63, 3.8) is 0 Å². The average Bonchev–Trinajstić information content (AvgIpc) is 2.65. The van der Waals surface area contributed by atoms with E-state index in [1.807, 2.05) is 6.92 Å². The van der Waals surface area contributed by atoms with Crippen LogP contribution < -0.4 is 10.9 Å². The van der Waals surface area contributed by atoms with E-state index in [2.05, 4.69) is 14.7 Å². The third-order valence-electron chi connectivity index (χ3n) is 3.78. The standard InChI is InChI=1S/C19H18N4O4S/c1-14-3-9-17(10-4-14)28(26,27)22-19-20-11-2-12-23(19)13-18(25)21-15-5-7-16(24)8-6-15/h2-12,24H,13H2,1H3,(H,21,25)/b22-19+. The quantitative estimate of drug-likeness (QED) is 0.637. The number of anilines is 1. The van der Waals surface area contributed by atoms with Crippen LogP contribution in [0.15, 0.2) is 76.3 Å². The number of hydrogen-bond donors (Lipinski definition) is 2. The van der Waals surface area contributed by atoms with Crippen molar-refractivity contribution in [2.24, 2.45) is 4.40 Å². The highest BCUT2D eigenvalue weighted by molar-refractivity contribution is 7.90. The Hall–Kier alpha value is -3.46. The van der Waals surface area contributed by atoms with Gasteiger partial charge in [-0.25, -0.2) is 4.98 Å². The Bertz CT molecular complexity index is 1150. The summed E-state index contributed by atoms with van der Waals surface area (Å²) < 4.78 is 30.2. The number of aromatic hydroxyl groups is 1. The first-order valence-corrected chi connectivity index (χ1v) is 9.75. The van der Waals surface area contributed by atoms with Gasteiger partial charge >= 0.3 is 0 Å². The normalized spacial score (nSPS) is 12.0. The zero-order valence-electron chi connectivity index (χ0n) is 15.0. The fourth-order valence-electron chi connectivity index (χ4n) is 2.36. The highest BCUT2D eigenvalue weighted by atomic mass is 32.2. The minimum Gasteiger partial charge on any atom is -0.508 e. The summed E-state index contributed by atoms with van der Waals surface area (Å²) in [6, 6.07) is 13.9. The topological polar surface area (TPSA) is 114 Å². The Morgan fingerprint density at radius 3 is 2.50 bits per heavy atom. The van der Waals surface area contributed by atoms with Crippen LogP contribution in [0.2, 0.25) is 0 Å². The second-order valence-corrected chi connectivity index (χ2v) is 7.63. The molecule has 0 aliphatic heterocycles. The highest BCUT2D eigenvalue weighted by Gasteiger charge is 2.13. The van der Waals surface area contributed by atoms with Gasteiger partial charge in [0, 0.05) is 18.1 Å². The third kappa shape index (κ3) is 4.83. The fraction of sp³-hybridized carbons (Fsp3) is 0.105. The van der Waals surface area contributed by atoms with E-state index in [1.54, 1.807) is 30.3 Å². The second kappa shape index (κ2) is 8.05. The lowest BCUT2D eigenvalue weighted by atomic mass is 10.2. The molecule has 3 rings (SSSR count). The molecule has 0 saturated heterocycles. The van der Waals surface area contributed by atoms with E-state index in [1.165, 1.54) is 41.2 Å². The molecule has 2 aromatic carbocycles. The number of sulfonamides is 1. The van der Waals surface area contributed by atoms with Crippen LogP contribution in [0.1, 0.15) is 5.56 Å². The van der Waals surface area contributed by atoms with Gasteiger partial charge in [-0.1, -0.05) is 17.7 Å². The Morgan fingerprint density at radius 2 is 1.82 bits per heavy atom. The van der Waals surface area contributed by atoms with Crippen LogP contribution in [-0.2, 0) is 21.4 Å². The molecule has 2 N–H and O–H groups in total. The van der Waals surface area contributed by atoms with Crippen LogP contribution in [0, 0.1) is 6.92 Å². The van der Waals surface area contributed by atoms with Gasteiger partial charge in [0.15, 0.2) is 0 Å². The van der Waals surface area contributed by atoms with Crippen molar-refractivity contribution in [1.29, 1.82) is 0 Å². The molecule has 9 heteroatoms. The molecule has 0 spiro atoms. The molecule has 0 saturated carbocycles. The predicted octanol–water partition coefficient (Wildman–Crippen LogP) is 1.83. The van der Waals surface area contributed by atoms with E-state index in [-0.39, 0.29) is 22.8 Å². The molecule has 0 fully saturated rings. The number of benzene rings is 2. The number of hydrogen-bond acceptors (Lipinski definition) is 5. The van der Waals surface area contributed by atoms with Gasteiger partial charge in [-0.3, -0.25) is 4.79 Å². The lowest BCUT2D eigenvalue weighted by Crippen LogP contribution is -2.30. The van der Waals surface area contributed by atoms with E-state index < -0.39 is 15.9 Å². The lowest BCUT2D eigenvalue weighted by Gasteiger charge is -2.08. The maximum absolute atomic E-state index is 12.5. The Kier molecular flexibility index (Phi) is 5.55. The van der Waals surface area contributed by atoms with Gasteiger partial charge in [-0.15, -0.1) is 4.40 Å².